The van der Waals surface area contributed by atoms with Gasteiger partial charge in [-0.3, -0.25) is 0 Å². The third kappa shape index (κ3) is 22.2. The normalized spacial score (nSPS) is 0. The molecule has 0 aromatic heterocycles. The molecule has 36 valence electrons. The maximum atomic E-state index is 0. The van der Waals surface area contributed by atoms with Crippen LogP contribution in [-0.2, 0) is 78.9 Å². The fourth-order valence-corrected chi connectivity index (χ4v) is 0. The van der Waals surface area contributed by atoms with E-state index in [9.17, 15) is 0 Å². The van der Waals surface area contributed by atoms with Crippen LogP contribution in [0, 0.1) is 0 Å². The largest absolute Gasteiger partial charge is 2.00 e. The predicted octanol–water partition coefficient (Wildman–Crippen LogP) is -0.0122. The van der Waals surface area contributed by atoms with Gasteiger partial charge in [0.15, 0.2) is 0 Å². The van der Waals surface area contributed by atoms with Crippen LogP contribution in [0.2, 0.25) is 0 Å². The van der Waals surface area contributed by atoms with Crippen molar-refractivity contribution in [3.8, 4) is 0 Å². The van der Waals surface area contributed by atoms with Crippen molar-refractivity contribution < 1.29 is 38.4 Å². The molecule has 0 fully saturated rings. The molecule has 0 aliphatic heterocycles. The third-order valence-electron chi connectivity index (χ3n) is 0. The van der Waals surface area contributed by atoms with Crippen molar-refractivity contribution in [3.63, 3.8) is 0 Å². The molecule has 0 bridgehead atoms. The first-order valence-electron chi connectivity index (χ1n) is 0. The number of hydrogen-bond donors (Lipinski definition) is 0. The van der Waals surface area contributed by atoms with Crippen LogP contribution in [0.4, 0.5) is 0 Å². The predicted molar refractivity (Wildman–Crippen MR) is 22.1 cm³/mol. The molecule has 0 aromatic rings. The molecular formula is CrMoS3-6. The second kappa shape index (κ2) is 33.8. The van der Waals surface area contributed by atoms with Crippen LogP contribution in [0.5, 0.6) is 0 Å². The van der Waals surface area contributed by atoms with E-state index < -0.39 is 0 Å². The van der Waals surface area contributed by atoms with Crippen molar-refractivity contribution in [2.45, 2.75) is 0 Å². The second-order valence-corrected chi connectivity index (χ2v) is 0. The number of rotatable bonds is 0. The summed E-state index contributed by atoms with van der Waals surface area (Å²) in [6.45, 7) is 0. The SMILES string of the molecule is [Cr].[Mo].[S-2].[S-2].[S-2]. The first kappa shape index (κ1) is 55.4. The van der Waals surface area contributed by atoms with Crippen molar-refractivity contribution in [3.05, 3.63) is 0 Å². The Balaban J connectivity index is 0. The van der Waals surface area contributed by atoms with E-state index in [2.05, 4.69) is 0 Å². The molecule has 5 heavy (non-hydrogen) atoms. The summed E-state index contributed by atoms with van der Waals surface area (Å²) in [5, 5.41) is 0. The van der Waals surface area contributed by atoms with Gasteiger partial charge >= 0.3 is 0 Å². The molecule has 0 radical (unpaired) electrons. The Morgan fingerprint density at radius 1 is 0.600 bits per heavy atom. The van der Waals surface area contributed by atoms with Crippen LogP contribution in [0.1, 0.15) is 0 Å². The molecule has 0 atom stereocenters. The molecule has 0 unspecified atom stereocenters. The Labute approximate surface area is 78.2 Å². The van der Waals surface area contributed by atoms with Crippen molar-refractivity contribution in [2.75, 3.05) is 0 Å². The standard InChI is InChI=1S/Cr.Mo.3S/q;;3*-2. The van der Waals surface area contributed by atoms with E-state index in [0.29, 0.717) is 0 Å². The minimum absolute atomic E-state index is 0. The quantitative estimate of drug-likeness (QED) is 0.526. The van der Waals surface area contributed by atoms with Crippen LogP contribution < -0.4 is 0 Å². The van der Waals surface area contributed by atoms with Gasteiger partial charge in [0.25, 0.3) is 0 Å². The van der Waals surface area contributed by atoms with Crippen LogP contribution in [0.3, 0.4) is 0 Å². The van der Waals surface area contributed by atoms with E-state index in [1.807, 2.05) is 0 Å². The zero-order chi connectivity index (χ0) is 0. The molecule has 0 amide bonds. The van der Waals surface area contributed by atoms with Gasteiger partial charge in [-0.2, -0.15) is 0 Å². The van der Waals surface area contributed by atoms with Gasteiger partial charge in [0, 0.05) is 38.4 Å². The molecule has 5 heteroatoms. The Morgan fingerprint density at radius 3 is 0.600 bits per heavy atom. The molecule has 0 aliphatic carbocycles. The summed E-state index contributed by atoms with van der Waals surface area (Å²) in [6, 6.07) is 0. The van der Waals surface area contributed by atoms with Crippen molar-refractivity contribution in [2.24, 2.45) is 0 Å². The summed E-state index contributed by atoms with van der Waals surface area (Å²) in [4.78, 5) is 0. The Morgan fingerprint density at radius 2 is 0.600 bits per heavy atom. The summed E-state index contributed by atoms with van der Waals surface area (Å²) in [7, 11) is 0. The molecule has 0 rings (SSSR count). The van der Waals surface area contributed by atoms with Gasteiger partial charge in [-0.1, -0.05) is 0 Å². The van der Waals surface area contributed by atoms with Gasteiger partial charge in [-0.05, 0) is 0 Å². The molecule has 0 saturated carbocycles. The first-order chi connectivity index (χ1) is 0. The van der Waals surface area contributed by atoms with Gasteiger partial charge in [0.1, 0.15) is 0 Å². The van der Waals surface area contributed by atoms with Gasteiger partial charge in [0.05, 0.1) is 0 Å². The molecule has 0 heterocycles. The van der Waals surface area contributed by atoms with Crippen LogP contribution in [0.15, 0.2) is 0 Å². The summed E-state index contributed by atoms with van der Waals surface area (Å²) in [5.41, 5.74) is 0. The summed E-state index contributed by atoms with van der Waals surface area (Å²) < 4.78 is 0. The van der Waals surface area contributed by atoms with Gasteiger partial charge < -0.3 is 40.5 Å². The molecule has 0 aromatic carbocycles. The topological polar surface area (TPSA) is 0 Å². The minimum atomic E-state index is 0. The summed E-state index contributed by atoms with van der Waals surface area (Å²) in [6.07, 6.45) is 0. The van der Waals surface area contributed by atoms with Gasteiger partial charge in [-0.25, -0.2) is 0 Å². The fourth-order valence-electron chi connectivity index (χ4n) is 0. The number of hydrogen-bond acceptors (Lipinski definition) is 0. The molecule has 0 aliphatic rings. The summed E-state index contributed by atoms with van der Waals surface area (Å²) in [5.74, 6) is 0. The van der Waals surface area contributed by atoms with Gasteiger partial charge in [-0.15, -0.1) is 0 Å². The van der Waals surface area contributed by atoms with E-state index in [1.54, 1.807) is 0 Å². The molecule has 0 spiro atoms. The smallest absolute Gasteiger partial charge is 0 e. The van der Waals surface area contributed by atoms with Gasteiger partial charge in [0.2, 0.25) is 0 Å². The Bertz CT molecular complexity index is 6.85. The zero-order valence-electron chi connectivity index (χ0n) is 2.04. The Kier molecular flexibility index (Phi) is 375. The maximum Gasteiger partial charge on any atom is 0 e. The monoisotopic (exact) mass is 246 g/mol. The van der Waals surface area contributed by atoms with Crippen LogP contribution >= 0.6 is 0 Å². The molecule has 0 N–H and O–H groups in total. The molecule has 0 saturated heterocycles. The van der Waals surface area contributed by atoms with Crippen molar-refractivity contribution in [1.82, 2.24) is 0 Å². The first-order valence-corrected chi connectivity index (χ1v) is 0. The average Bonchev–Trinajstić information content (AvgIpc) is 0. The van der Waals surface area contributed by atoms with Crippen molar-refractivity contribution >= 4 is 40.5 Å². The van der Waals surface area contributed by atoms with Crippen molar-refractivity contribution in [1.29, 1.82) is 0 Å². The van der Waals surface area contributed by atoms with Crippen LogP contribution in [0.25, 0.3) is 0 Å². The van der Waals surface area contributed by atoms with E-state index >= 15 is 0 Å². The van der Waals surface area contributed by atoms with E-state index in [-0.39, 0.29) is 78.9 Å². The second-order valence-electron chi connectivity index (χ2n) is 0. The maximum absolute atomic E-state index is 0. The fraction of sp³-hybridized carbons (Fsp3) is 0. The average molecular weight is 244 g/mol. The van der Waals surface area contributed by atoms with E-state index in [1.165, 1.54) is 0 Å². The zero-order valence-corrected chi connectivity index (χ0v) is 7.77. The Hall–Kier alpha value is 2.27. The molecule has 0 nitrogen and oxygen atoms in total. The molecular weight excluding hydrogens is 244 g/mol. The third-order valence-corrected chi connectivity index (χ3v) is 0. The van der Waals surface area contributed by atoms with E-state index in [4.69, 9.17) is 0 Å². The van der Waals surface area contributed by atoms with E-state index in [0.717, 1.165) is 0 Å². The minimum Gasteiger partial charge on any atom is -2.00 e. The van der Waals surface area contributed by atoms with Crippen LogP contribution in [-0.4, -0.2) is 0 Å². The summed E-state index contributed by atoms with van der Waals surface area (Å²) >= 11 is 0.